The number of hydrogen-bond acceptors (Lipinski definition) is 7. The molecule has 0 amide bonds. The van der Waals surface area contributed by atoms with E-state index in [0.29, 0.717) is 51.7 Å². The molecule has 3 aliphatic carbocycles. The van der Waals surface area contributed by atoms with E-state index in [1.54, 1.807) is 21.3 Å². The molecule has 3 aliphatic rings. The van der Waals surface area contributed by atoms with Crippen LogP contribution in [0.3, 0.4) is 0 Å². The van der Waals surface area contributed by atoms with Crippen molar-refractivity contribution in [2.75, 3.05) is 21.3 Å². The minimum Gasteiger partial charge on any atom is -0.507 e. The highest BCUT2D eigenvalue weighted by Crippen LogP contribution is 2.57. The van der Waals surface area contributed by atoms with Gasteiger partial charge in [-0.3, -0.25) is 4.79 Å². The second-order valence-electron chi connectivity index (χ2n) is 11.6. The fraction of sp³-hybridized carbons (Fsp3) is 0.457. The number of phenolic OH excluding ortho intramolecular Hbond substituents is 2. The van der Waals surface area contributed by atoms with Gasteiger partial charge in [-0.25, -0.2) is 0 Å². The molecular weight excluding hydrogens is 532 g/mol. The summed E-state index contributed by atoms with van der Waals surface area (Å²) in [4.78, 5) is 12.7. The van der Waals surface area contributed by atoms with Gasteiger partial charge in [0.05, 0.1) is 21.3 Å². The molecule has 42 heavy (non-hydrogen) atoms. The first kappa shape index (κ1) is 28.3. The van der Waals surface area contributed by atoms with E-state index in [9.17, 15) is 15.0 Å². The Labute approximate surface area is 247 Å². The van der Waals surface area contributed by atoms with E-state index in [4.69, 9.17) is 18.9 Å². The van der Waals surface area contributed by atoms with Gasteiger partial charge in [0.15, 0.2) is 0 Å². The molecule has 0 bridgehead atoms. The molecule has 0 fully saturated rings. The third-order valence-corrected chi connectivity index (χ3v) is 9.31. The molecule has 7 nitrogen and oxygen atoms in total. The summed E-state index contributed by atoms with van der Waals surface area (Å²) in [5.41, 5.74) is 7.82. The molecule has 0 heterocycles. The Morgan fingerprint density at radius 3 is 1.36 bits per heavy atom. The van der Waals surface area contributed by atoms with E-state index < -0.39 is 5.97 Å². The standard InChI is InChI=1S/C35H40O7/c1-19(36)42-35-25-16-10-9-15-24(25)34(41-4)30(26-17-28(39-2)20-11-5-7-13-22(20)32(26)37)31(35)27-18-29(40-3)21-12-6-8-14-23(21)33(27)38/h17-18,37-38H,5-16H2,1-4H3. The van der Waals surface area contributed by atoms with Gasteiger partial charge in [0, 0.05) is 62.6 Å². The van der Waals surface area contributed by atoms with Gasteiger partial charge in [0.2, 0.25) is 0 Å². The minimum atomic E-state index is -0.447. The van der Waals surface area contributed by atoms with Crippen LogP contribution in [0.2, 0.25) is 0 Å². The molecule has 0 aromatic heterocycles. The Bertz CT molecular complexity index is 1570. The second kappa shape index (κ2) is 11.4. The molecule has 2 N–H and O–H groups in total. The Morgan fingerprint density at radius 2 is 0.952 bits per heavy atom. The summed E-state index contributed by atoms with van der Waals surface area (Å²) in [6, 6.07) is 3.73. The fourth-order valence-electron chi connectivity index (χ4n) is 7.45. The van der Waals surface area contributed by atoms with Crippen LogP contribution < -0.4 is 18.9 Å². The molecule has 0 aliphatic heterocycles. The number of benzene rings is 3. The van der Waals surface area contributed by atoms with E-state index in [0.717, 1.165) is 104 Å². The zero-order valence-electron chi connectivity index (χ0n) is 25.1. The van der Waals surface area contributed by atoms with Crippen molar-refractivity contribution in [1.29, 1.82) is 0 Å². The molecule has 3 aromatic carbocycles. The number of methoxy groups -OCH3 is 3. The summed E-state index contributed by atoms with van der Waals surface area (Å²) < 4.78 is 24.0. The lowest BCUT2D eigenvalue weighted by atomic mass is 9.79. The third-order valence-electron chi connectivity index (χ3n) is 9.31. The number of carbonyl (C=O) groups excluding carboxylic acids is 1. The topological polar surface area (TPSA) is 94.5 Å². The van der Waals surface area contributed by atoms with Crippen LogP contribution in [0, 0.1) is 0 Å². The summed E-state index contributed by atoms with van der Waals surface area (Å²) in [5, 5.41) is 23.9. The first-order valence-corrected chi connectivity index (χ1v) is 15.2. The van der Waals surface area contributed by atoms with Gasteiger partial charge < -0.3 is 29.2 Å². The largest absolute Gasteiger partial charge is 0.507 e. The number of phenols is 2. The van der Waals surface area contributed by atoms with Crippen molar-refractivity contribution < 1.29 is 34.0 Å². The van der Waals surface area contributed by atoms with E-state index in [1.165, 1.54) is 6.92 Å². The van der Waals surface area contributed by atoms with E-state index in [-0.39, 0.29) is 11.5 Å². The molecule has 7 heteroatoms. The average Bonchev–Trinajstić information content (AvgIpc) is 3.01. The summed E-state index contributed by atoms with van der Waals surface area (Å²) in [5.74, 6) is 2.33. The smallest absolute Gasteiger partial charge is 0.308 e. The normalized spacial score (nSPS) is 15.7. The van der Waals surface area contributed by atoms with Crippen LogP contribution in [-0.4, -0.2) is 37.5 Å². The van der Waals surface area contributed by atoms with Crippen LogP contribution in [-0.2, 0) is 43.3 Å². The number of fused-ring (bicyclic) bond motifs is 3. The maximum atomic E-state index is 12.7. The van der Waals surface area contributed by atoms with Crippen molar-refractivity contribution in [3.63, 3.8) is 0 Å². The van der Waals surface area contributed by atoms with Crippen LogP contribution in [0.15, 0.2) is 12.1 Å². The number of aromatic hydroxyl groups is 2. The lowest BCUT2D eigenvalue weighted by Gasteiger charge is -2.30. The van der Waals surface area contributed by atoms with Crippen molar-refractivity contribution in [2.45, 2.75) is 84.0 Å². The molecule has 0 unspecified atom stereocenters. The van der Waals surface area contributed by atoms with Crippen molar-refractivity contribution in [1.82, 2.24) is 0 Å². The molecule has 3 aromatic rings. The van der Waals surface area contributed by atoms with E-state index in [2.05, 4.69) is 0 Å². The zero-order valence-corrected chi connectivity index (χ0v) is 25.1. The van der Waals surface area contributed by atoms with Gasteiger partial charge in [-0.15, -0.1) is 0 Å². The highest BCUT2D eigenvalue weighted by Gasteiger charge is 2.35. The Morgan fingerprint density at radius 1 is 0.571 bits per heavy atom. The van der Waals surface area contributed by atoms with Crippen LogP contribution >= 0.6 is 0 Å². The summed E-state index contributed by atoms with van der Waals surface area (Å²) in [6.45, 7) is 1.40. The number of carbonyl (C=O) groups is 1. The fourth-order valence-corrected chi connectivity index (χ4v) is 7.45. The zero-order chi connectivity index (χ0) is 29.5. The number of ether oxygens (including phenoxy) is 4. The maximum absolute atomic E-state index is 12.7. The first-order valence-electron chi connectivity index (χ1n) is 15.2. The molecule has 0 saturated heterocycles. The summed E-state index contributed by atoms with van der Waals surface area (Å²) in [7, 11) is 4.94. The molecule has 6 rings (SSSR count). The number of rotatable bonds is 6. The Balaban J connectivity index is 1.79. The van der Waals surface area contributed by atoms with Crippen LogP contribution in [0.4, 0.5) is 0 Å². The molecule has 0 spiro atoms. The molecular formula is C35H40O7. The predicted molar refractivity (Wildman–Crippen MR) is 162 cm³/mol. The van der Waals surface area contributed by atoms with Gasteiger partial charge in [0.25, 0.3) is 0 Å². The SMILES string of the molecule is COc1cc(-c2c(OC)c3c(c(OC(C)=O)c2-c2cc(OC)c4c(c2O)CCCC4)CCCC3)c(O)c2c1CCCC2. The second-order valence-corrected chi connectivity index (χ2v) is 11.6. The van der Waals surface area contributed by atoms with Crippen LogP contribution in [0.5, 0.6) is 34.5 Å². The minimum absolute atomic E-state index is 0.155. The molecule has 0 radical (unpaired) electrons. The quantitative estimate of drug-likeness (QED) is 0.242. The lowest BCUT2D eigenvalue weighted by Crippen LogP contribution is -2.14. The number of esters is 1. The Kier molecular flexibility index (Phi) is 7.69. The van der Waals surface area contributed by atoms with Gasteiger partial charge in [-0.2, -0.15) is 0 Å². The monoisotopic (exact) mass is 572 g/mol. The third kappa shape index (κ3) is 4.54. The summed E-state index contributed by atoms with van der Waals surface area (Å²) >= 11 is 0. The first-order chi connectivity index (χ1) is 20.4. The Hall–Kier alpha value is -3.87. The number of hydrogen-bond donors (Lipinski definition) is 2. The highest BCUT2D eigenvalue weighted by molar-refractivity contribution is 5.99. The molecule has 222 valence electrons. The maximum Gasteiger partial charge on any atom is 0.308 e. The van der Waals surface area contributed by atoms with Gasteiger partial charge in [0.1, 0.15) is 34.5 Å². The summed E-state index contributed by atoms with van der Waals surface area (Å²) in [6.07, 6.45) is 10.5. The van der Waals surface area contributed by atoms with Gasteiger partial charge >= 0.3 is 5.97 Å². The van der Waals surface area contributed by atoms with Crippen LogP contribution in [0.25, 0.3) is 22.3 Å². The highest BCUT2D eigenvalue weighted by atomic mass is 16.5. The van der Waals surface area contributed by atoms with Gasteiger partial charge in [-0.1, -0.05) is 0 Å². The van der Waals surface area contributed by atoms with Crippen molar-refractivity contribution in [2.24, 2.45) is 0 Å². The van der Waals surface area contributed by atoms with Crippen molar-refractivity contribution in [3.05, 3.63) is 45.5 Å². The van der Waals surface area contributed by atoms with E-state index >= 15 is 0 Å². The van der Waals surface area contributed by atoms with Crippen molar-refractivity contribution >= 4 is 5.97 Å². The van der Waals surface area contributed by atoms with Gasteiger partial charge in [-0.05, 0) is 89.2 Å². The molecule has 0 saturated carbocycles. The van der Waals surface area contributed by atoms with Crippen LogP contribution in [0.1, 0.15) is 78.8 Å². The molecule has 0 atom stereocenters. The average molecular weight is 573 g/mol. The van der Waals surface area contributed by atoms with Crippen molar-refractivity contribution in [3.8, 4) is 56.8 Å². The van der Waals surface area contributed by atoms with E-state index in [1.807, 2.05) is 12.1 Å². The lowest BCUT2D eigenvalue weighted by molar-refractivity contribution is -0.131. The predicted octanol–water partition coefficient (Wildman–Crippen LogP) is 7.02.